The fourth-order valence-electron chi connectivity index (χ4n) is 2.79. The first kappa shape index (κ1) is 17.5. The number of pyridine rings is 1. The maximum absolute atomic E-state index is 12.3. The fourth-order valence-corrected chi connectivity index (χ4v) is 3.54. The lowest BCUT2D eigenvalue weighted by atomic mass is 9.87. The molecule has 1 atom stereocenters. The molecule has 25 heavy (non-hydrogen) atoms. The number of carbonyl (C=O) groups excluding carboxylic acids is 1. The lowest BCUT2D eigenvalue weighted by Crippen LogP contribution is -2.50. The first-order valence-electron chi connectivity index (χ1n) is 8.30. The number of carbonyl (C=O) groups is 1. The Hall–Kier alpha value is -2.30. The third-order valence-corrected chi connectivity index (χ3v) is 5.30. The number of hydrogen-bond acceptors (Lipinski definition) is 6. The van der Waals surface area contributed by atoms with Crippen LogP contribution in [-0.4, -0.2) is 28.0 Å². The quantitative estimate of drug-likeness (QED) is 0.879. The van der Waals surface area contributed by atoms with E-state index in [-0.39, 0.29) is 17.4 Å². The normalized spacial score (nSPS) is 19.2. The number of thiazole rings is 1. The second-order valence-electron chi connectivity index (χ2n) is 6.89. The average molecular weight is 355 g/mol. The van der Waals surface area contributed by atoms with Crippen molar-refractivity contribution in [2.45, 2.75) is 38.8 Å². The summed E-state index contributed by atoms with van der Waals surface area (Å²) in [6, 6.07) is 5.50. The van der Waals surface area contributed by atoms with Crippen LogP contribution < -0.4 is 10.6 Å². The Bertz CT molecular complexity index is 781. The molecule has 0 spiro atoms. The van der Waals surface area contributed by atoms with E-state index in [0.29, 0.717) is 12.2 Å². The second kappa shape index (κ2) is 7.30. The van der Waals surface area contributed by atoms with E-state index in [1.54, 1.807) is 12.3 Å². The predicted octanol–water partition coefficient (Wildman–Crippen LogP) is 2.47. The second-order valence-corrected chi connectivity index (χ2v) is 7.83. The number of amides is 1. The highest BCUT2D eigenvalue weighted by molar-refractivity contribution is 7.09. The van der Waals surface area contributed by atoms with Crippen LogP contribution in [0.3, 0.4) is 0 Å². The molecule has 0 aliphatic carbocycles. The smallest absolute Gasteiger partial charge is 0.224 e. The zero-order valence-electron chi connectivity index (χ0n) is 14.4. The Morgan fingerprint density at radius 3 is 3.00 bits per heavy atom. The Morgan fingerprint density at radius 2 is 2.36 bits per heavy atom. The molecule has 1 saturated heterocycles. The monoisotopic (exact) mass is 355 g/mol. The van der Waals surface area contributed by atoms with Crippen molar-refractivity contribution in [3.8, 4) is 17.3 Å². The zero-order chi connectivity index (χ0) is 17.9. The van der Waals surface area contributed by atoms with E-state index in [9.17, 15) is 4.79 Å². The summed E-state index contributed by atoms with van der Waals surface area (Å²) < 4.78 is 0. The van der Waals surface area contributed by atoms with Gasteiger partial charge in [0.15, 0.2) is 0 Å². The summed E-state index contributed by atoms with van der Waals surface area (Å²) in [4.78, 5) is 20.9. The van der Waals surface area contributed by atoms with Crippen molar-refractivity contribution < 1.29 is 4.79 Å². The largest absolute Gasteiger partial charge is 0.349 e. The minimum atomic E-state index is 0.0233. The van der Waals surface area contributed by atoms with Gasteiger partial charge in [-0.2, -0.15) is 5.26 Å². The first-order chi connectivity index (χ1) is 12.0. The van der Waals surface area contributed by atoms with E-state index in [1.165, 1.54) is 11.3 Å². The van der Waals surface area contributed by atoms with Crippen LogP contribution in [0.4, 0.5) is 0 Å². The number of nitrogens with zero attached hydrogens (tertiary/aromatic N) is 3. The van der Waals surface area contributed by atoms with Gasteiger partial charge in [0, 0.05) is 29.2 Å². The molecule has 0 saturated carbocycles. The summed E-state index contributed by atoms with van der Waals surface area (Å²) in [5.41, 5.74) is 2.19. The van der Waals surface area contributed by atoms with Crippen LogP contribution in [0.5, 0.6) is 0 Å². The molecular formula is C18H21N5OS. The van der Waals surface area contributed by atoms with Crippen molar-refractivity contribution in [1.29, 1.82) is 5.26 Å². The Kier molecular flexibility index (Phi) is 5.11. The van der Waals surface area contributed by atoms with E-state index in [2.05, 4.69) is 34.4 Å². The molecular weight excluding hydrogens is 334 g/mol. The molecule has 1 aliphatic heterocycles. The van der Waals surface area contributed by atoms with E-state index >= 15 is 0 Å². The molecule has 1 amide bonds. The summed E-state index contributed by atoms with van der Waals surface area (Å²) in [7, 11) is 0. The topological polar surface area (TPSA) is 90.7 Å². The van der Waals surface area contributed by atoms with Crippen LogP contribution >= 0.6 is 11.3 Å². The first-order valence-corrected chi connectivity index (χ1v) is 9.18. The van der Waals surface area contributed by atoms with Crippen LogP contribution in [0, 0.1) is 17.2 Å². The van der Waals surface area contributed by atoms with Gasteiger partial charge in [0.1, 0.15) is 16.8 Å². The summed E-state index contributed by atoms with van der Waals surface area (Å²) >= 11 is 1.51. The molecule has 2 aromatic heterocycles. The number of hydrogen-bond donors (Lipinski definition) is 2. The van der Waals surface area contributed by atoms with Crippen LogP contribution in [0.15, 0.2) is 23.7 Å². The van der Waals surface area contributed by atoms with Crippen molar-refractivity contribution in [3.63, 3.8) is 0 Å². The molecule has 6 nitrogen and oxygen atoms in total. The Labute approximate surface area is 151 Å². The maximum Gasteiger partial charge on any atom is 0.224 e. The minimum Gasteiger partial charge on any atom is -0.349 e. The van der Waals surface area contributed by atoms with Crippen molar-refractivity contribution >= 4 is 17.2 Å². The highest BCUT2D eigenvalue weighted by Crippen LogP contribution is 2.23. The van der Waals surface area contributed by atoms with E-state index in [0.717, 1.165) is 35.7 Å². The molecule has 0 aromatic carbocycles. The SMILES string of the molecule is CC1(C)CCC(C(=O)NCc2nc(-c3ccc(C#N)nc3)cs2)CN1. The molecule has 1 unspecified atom stereocenters. The third-order valence-electron chi connectivity index (χ3n) is 4.45. The van der Waals surface area contributed by atoms with Crippen molar-refractivity contribution in [3.05, 3.63) is 34.4 Å². The molecule has 1 fully saturated rings. The standard InChI is InChI=1S/C18H21N5OS/c1-18(2)6-5-13(9-22-18)17(24)21-10-16-23-15(11-25-16)12-3-4-14(7-19)20-8-12/h3-4,8,11,13,22H,5-6,9-10H2,1-2H3,(H,21,24). The van der Waals surface area contributed by atoms with Crippen molar-refractivity contribution in [1.82, 2.24) is 20.6 Å². The van der Waals surface area contributed by atoms with Crippen LogP contribution in [0.2, 0.25) is 0 Å². The molecule has 7 heteroatoms. The van der Waals surface area contributed by atoms with E-state index in [4.69, 9.17) is 5.26 Å². The van der Waals surface area contributed by atoms with Gasteiger partial charge in [-0.3, -0.25) is 4.79 Å². The van der Waals surface area contributed by atoms with Gasteiger partial charge >= 0.3 is 0 Å². The van der Waals surface area contributed by atoms with Gasteiger partial charge in [-0.1, -0.05) is 0 Å². The lowest BCUT2D eigenvalue weighted by molar-refractivity contribution is -0.126. The van der Waals surface area contributed by atoms with Crippen LogP contribution in [-0.2, 0) is 11.3 Å². The van der Waals surface area contributed by atoms with Crippen LogP contribution in [0.25, 0.3) is 11.3 Å². The van der Waals surface area contributed by atoms with E-state index < -0.39 is 0 Å². The Morgan fingerprint density at radius 1 is 1.52 bits per heavy atom. The van der Waals surface area contributed by atoms with E-state index in [1.807, 2.05) is 17.5 Å². The molecule has 1 aliphatic rings. The Balaban J connectivity index is 1.55. The molecule has 0 bridgehead atoms. The van der Waals surface area contributed by atoms with Gasteiger partial charge in [-0.15, -0.1) is 11.3 Å². The number of nitrogens with one attached hydrogen (secondary N) is 2. The number of piperidine rings is 1. The molecule has 2 aromatic rings. The van der Waals surface area contributed by atoms with Gasteiger partial charge in [-0.05, 0) is 38.8 Å². The van der Waals surface area contributed by atoms with Gasteiger partial charge < -0.3 is 10.6 Å². The van der Waals surface area contributed by atoms with Gasteiger partial charge in [0.25, 0.3) is 0 Å². The van der Waals surface area contributed by atoms with Gasteiger partial charge in [-0.25, -0.2) is 9.97 Å². The zero-order valence-corrected chi connectivity index (χ0v) is 15.2. The van der Waals surface area contributed by atoms with Crippen LogP contribution in [0.1, 0.15) is 37.4 Å². The highest BCUT2D eigenvalue weighted by atomic mass is 32.1. The predicted molar refractivity (Wildman–Crippen MR) is 96.7 cm³/mol. The maximum atomic E-state index is 12.3. The molecule has 0 radical (unpaired) electrons. The third kappa shape index (κ3) is 4.41. The summed E-state index contributed by atoms with van der Waals surface area (Å²) in [6.45, 7) is 5.48. The van der Waals surface area contributed by atoms with Crippen molar-refractivity contribution in [2.75, 3.05) is 6.54 Å². The minimum absolute atomic E-state index is 0.0233. The highest BCUT2D eigenvalue weighted by Gasteiger charge is 2.29. The number of rotatable bonds is 4. The number of nitriles is 1. The lowest BCUT2D eigenvalue weighted by Gasteiger charge is -2.35. The molecule has 3 rings (SSSR count). The number of aromatic nitrogens is 2. The van der Waals surface area contributed by atoms with Gasteiger partial charge in [0.05, 0.1) is 18.2 Å². The molecule has 130 valence electrons. The average Bonchev–Trinajstić information content (AvgIpc) is 3.09. The molecule has 2 N–H and O–H groups in total. The summed E-state index contributed by atoms with van der Waals surface area (Å²) in [6.07, 6.45) is 3.55. The summed E-state index contributed by atoms with van der Waals surface area (Å²) in [5, 5.41) is 18.0. The van der Waals surface area contributed by atoms with Crippen molar-refractivity contribution in [2.24, 2.45) is 5.92 Å². The fraction of sp³-hybridized carbons (Fsp3) is 0.444. The molecule has 3 heterocycles. The van der Waals surface area contributed by atoms with Gasteiger partial charge in [0.2, 0.25) is 5.91 Å². The summed E-state index contributed by atoms with van der Waals surface area (Å²) in [5.74, 6) is 0.106.